The summed E-state index contributed by atoms with van der Waals surface area (Å²) in [5.74, 6) is 1.35. The summed E-state index contributed by atoms with van der Waals surface area (Å²) in [6.45, 7) is 6.21. The molecule has 2 rings (SSSR count). The Morgan fingerprint density at radius 2 is 2.04 bits per heavy atom. The van der Waals surface area contributed by atoms with Gasteiger partial charge >= 0.3 is 0 Å². The highest BCUT2D eigenvalue weighted by Crippen LogP contribution is 2.25. The smallest absolute Gasteiger partial charge is 0.243 e. The molecule has 1 aromatic carbocycles. The molecule has 0 radical (unpaired) electrons. The summed E-state index contributed by atoms with van der Waals surface area (Å²) in [7, 11) is 1.87. The summed E-state index contributed by atoms with van der Waals surface area (Å²) in [6.07, 6.45) is 1.99. The maximum Gasteiger partial charge on any atom is 0.243 e. The van der Waals surface area contributed by atoms with Crippen molar-refractivity contribution in [3.63, 3.8) is 0 Å². The first kappa shape index (κ1) is 18.5. The zero-order valence-corrected chi connectivity index (χ0v) is 15.6. The van der Waals surface area contributed by atoms with Crippen LogP contribution in [0.25, 0.3) is 0 Å². The number of likely N-dealkylation sites (N-methyl/N-ethyl adjacent to an activating group) is 1. The highest BCUT2D eigenvalue weighted by molar-refractivity contribution is 7.98. The van der Waals surface area contributed by atoms with Crippen LogP contribution in [0, 0.1) is 0 Å². The number of nitrogens with zero attached hydrogens (tertiary/aromatic N) is 3. The molecule has 1 atom stereocenters. The molecule has 0 saturated heterocycles. The van der Waals surface area contributed by atoms with E-state index < -0.39 is 0 Å². The average Bonchev–Trinajstić information content (AvgIpc) is 3.04. The minimum absolute atomic E-state index is 0.0746. The van der Waals surface area contributed by atoms with E-state index in [1.54, 1.807) is 11.8 Å². The number of rotatable bonds is 7. The van der Waals surface area contributed by atoms with Crippen molar-refractivity contribution in [1.29, 1.82) is 0 Å². The summed E-state index contributed by atoms with van der Waals surface area (Å²) < 4.78 is 5.31. The Morgan fingerprint density at radius 1 is 1.33 bits per heavy atom. The van der Waals surface area contributed by atoms with E-state index in [-0.39, 0.29) is 24.4 Å². The fraction of sp³-hybridized carbons (Fsp3) is 0.471. The van der Waals surface area contributed by atoms with Crippen molar-refractivity contribution in [1.82, 2.24) is 15.0 Å². The Hall–Kier alpha value is -1.86. The Balaban J connectivity index is 1.97. The van der Waals surface area contributed by atoms with Gasteiger partial charge in [0, 0.05) is 10.8 Å². The van der Waals surface area contributed by atoms with Gasteiger partial charge in [-0.25, -0.2) is 0 Å². The van der Waals surface area contributed by atoms with Crippen LogP contribution < -0.4 is 5.32 Å². The van der Waals surface area contributed by atoms with Gasteiger partial charge in [-0.05, 0) is 32.4 Å². The second-order valence-electron chi connectivity index (χ2n) is 5.99. The number of carbonyl (C=O) groups excluding carboxylic acids is 1. The van der Waals surface area contributed by atoms with Crippen LogP contribution in [0.3, 0.4) is 0 Å². The number of thioether (sulfide) groups is 1. The number of benzene rings is 1. The minimum atomic E-state index is -0.133. The highest BCUT2D eigenvalue weighted by atomic mass is 32.2. The summed E-state index contributed by atoms with van der Waals surface area (Å²) in [4.78, 5) is 19.6. The van der Waals surface area contributed by atoms with E-state index in [2.05, 4.69) is 15.5 Å². The van der Waals surface area contributed by atoms with E-state index in [0.29, 0.717) is 11.7 Å². The van der Waals surface area contributed by atoms with Gasteiger partial charge in [0.1, 0.15) is 0 Å². The Kier molecular flexibility index (Phi) is 6.39. The highest BCUT2D eigenvalue weighted by Gasteiger charge is 2.21. The molecule has 0 bridgehead atoms. The SMILES string of the molecule is CSc1ccccc1NC(=O)CN(C)[C@@H](C)c1nc(C(C)C)no1. The fourth-order valence-corrected chi connectivity index (χ4v) is 2.69. The lowest BCUT2D eigenvalue weighted by Gasteiger charge is -2.21. The maximum atomic E-state index is 12.3. The van der Waals surface area contributed by atoms with Crippen molar-refractivity contribution in [3.05, 3.63) is 36.0 Å². The van der Waals surface area contributed by atoms with Crippen LogP contribution in [0.4, 0.5) is 5.69 Å². The number of anilines is 1. The molecule has 0 saturated carbocycles. The van der Waals surface area contributed by atoms with Gasteiger partial charge in [0.15, 0.2) is 5.82 Å². The Labute approximate surface area is 147 Å². The molecule has 0 aliphatic heterocycles. The molecule has 6 nitrogen and oxygen atoms in total. The third kappa shape index (κ3) is 4.58. The minimum Gasteiger partial charge on any atom is -0.338 e. The van der Waals surface area contributed by atoms with Gasteiger partial charge in [-0.15, -0.1) is 11.8 Å². The van der Waals surface area contributed by atoms with Crippen molar-refractivity contribution in [2.24, 2.45) is 0 Å². The molecule has 1 N–H and O–H groups in total. The summed E-state index contributed by atoms with van der Waals surface area (Å²) in [5, 5.41) is 6.93. The van der Waals surface area contributed by atoms with Crippen LogP contribution in [0.2, 0.25) is 0 Å². The van der Waals surface area contributed by atoms with E-state index in [1.807, 2.05) is 63.2 Å². The van der Waals surface area contributed by atoms with E-state index in [1.165, 1.54) is 0 Å². The molecule has 24 heavy (non-hydrogen) atoms. The molecular weight excluding hydrogens is 324 g/mol. The molecule has 7 heteroatoms. The van der Waals surface area contributed by atoms with Gasteiger partial charge in [0.2, 0.25) is 11.8 Å². The van der Waals surface area contributed by atoms with Crippen LogP contribution in [0.1, 0.15) is 44.4 Å². The first-order valence-electron chi connectivity index (χ1n) is 7.89. The number of hydrogen-bond donors (Lipinski definition) is 1. The van der Waals surface area contributed by atoms with Crippen LogP contribution in [0.5, 0.6) is 0 Å². The van der Waals surface area contributed by atoms with Gasteiger partial charge < -0.3 is 9.84 Å². The van der Waals surface area contributed by atoms with Crippen molar-refractivity contribution >= 4 is 23.4 Å². The quantitative estimate of drug-likeness (QED) is 0.772. The molecule has 2 aromatic rings. The molecule has 1 amide bonds. The van der Waals surface area contributed by atoms with Crippen LogP contribution >= 0.6 is 11.8 Å². The number of hydrogen-bond acceptors (Lipinski definition) is 6. The summed E-state index contributed by atoms with van der Waals surface area (Å²) in [6, 6.07) is 7.62. The predicted molar refractivity (Wildman–Crippen MR) is 96.3 cm³/mol. The number of para-hydroxylation sites is 1. The molecule has 0 aliphatic rings. The Morgan fingerprint density at radius 3 is 2.67 bits per heavy atom. The first-order valence-corrected chi connectivity index (χ1v) is 9.11. The van der Waals surface area contributed by atoms with E-state index in [4.69, 9.17) is 4.52 Å². The van der Waals surface area contributed by atoms with E-state index >= 15 is 0 Å². The van der Waals surface area contributed by atoms with Gasteiger partial charge in [-0.1, -0.05) is 31.1 Å². The lowest BCUT2D eigenvalue weighted by Crippen LogP contribution is -2.32. The molecular formula is C17H24N4O2S. The van der Waals surface area contributed by atoms with Gasteiger partial charge in [-0.3, -0.25) is 9.69 Å². The lowest BCUT2D eigenvalue weighted by molar-refractivity contribution is -0.117. The van der Waals surface area contributed by atoms with Gasteiger partial charge in [0.05, 0.1) is 18.3 Å². The van der Waals surface area contributed by atoms with Crippen molar-refractivity contribution < 1.29 is 9.32 Å². The maximum absolute atomic E-state index is 12.3. The number of amides is 1. The van der Waals surface area contributed by atoms with Crippen LogP contribution in [0.15, 0.2) is 33.7 Å². The molecule has 0 spiro atoms. The first-order chi connectivity index (χ1) is 11.4. The second kappa shape index (κ2) is 8.30. The van der Waals surface area contributed by atoms with Crippen LogP contribution in [-0.2, 0) is 4.79 Å². The van der Waals surface area contributed by atoms with E-state index in [0.717, 1.165) is 10.6 Å². The average molecular weight is 348 g/mol. The standard InChI is InChI=1S/C17H24N4O2S/c1-11(2)16-19-17(23-20-16)12(3)21(4)10-15(22)18-13-8-6-7-9-14(13)24-5/h6-9,11-12H,10H2,1-5H3,(H,18,22)/t12-/m0/s1. The van der Waals surface area contributed by atoms with Gasteiger partial charge in [0.25, 0.3) is 0 Å². The molecule has 1 heterocycles. The molecule has 0 aliphatic carbocycles. The number of nitrogens with one attached hydrogen (secondary N) is 1. The monoisotopic (exact) mass is 348 g/mol. The zero-order chi connectivity index (χ0) is 17.7. The van der Waals surface area contributed by atoms with Crippen molar-refractivity contribution in [3.8, 4) is 0 Å². The zero-order valence-electron chi connectivity index (χ0n) is 14.7. The normalized spacial score (nSPS) is 12.6. The largest absolute Gasteiger partial charge is 0.338 e. The van der Waals surface area contributed by atoms with Gasteiger partial charge in [-0.2, -0.15) is 4.98 Å². The molecule has 1 aromatic heterocycles. The van der Waals surface area contributed by atoms with Crippen molar-refractivity contribution in [2.75, 3.05) is 25.2 Å². The third-order valence-corrected chi connectivity index (χ3v) is 4.56. The Bertz CT molecular complexity index is 687. The molecule has 130 valence electrons. The third-order valence-electron chi connectivity index (χ3n) is 3.77. The molecule has 0 fully saturated rings. The second-order valence-corrected chi connectivity index (χ2v) is 6.83. The number of carbonyl (C=O) groups is 1. The lowest BCUT2D eigenvalue weighted by atomic mass is 10.2. The summed E-state index contributed by atoms with van der Waals surface area (Å²) in [5.41, 5.74) is 0.830. The van der Waals surface area contributed by atoms with Crippen LogP contribution in [-0.4, -0.2) is 40.8 Å². The van der Waals surface area contributed by atoms with E-state index in [9.17, 15) is 4.79 Å². The topological polar surface area (TPSA) is 71.3 Å². The summed E-state index contributed by atoms with van der Waals surface area (Å²) >= 11 is 1.60. The molecule has 0 unspecified atom stereocenters. The predicted octanol–water partition coefficient (Wildman–Crippen LogP) is 3.55. The van der Waals surface area contributed by atoms with Crippen molar-refractivity contribution in [2.45, 2.75) is 37.6 Å². The number of aromatic nitrogens is 2. The fourth-order valence-electron chi connectivity index (χ4n) is 2.14.